The van der Waals surface area contributed by atoms with Gasteiger partial charge in [0.25, 0.3) is 0 Å². The molecule has 1 aliphatic rings. The Morgan fingerprint density at radius 3 is 2.36 bits per heavy atom. The third-order valence-electron chi connectivity index (χ3n) is 4.60. The van der Waals surface area contributed by atoms with Crippen molar-refractivity contribution in [1.29, 1.82) is 0 Å². The lowest BCUT2D eigenvalue weighted by atomic mass is 9.87. The highest BCUT2D eigenvalue weighted by Crippen LogP contribution is 2.36. The highest BCUT2D eigenvalue weighted by Gasteiger charge is 2.46. The molecular weight excluding hydrogens is 332 g/mol. The van der Waals surface area contributed by atoms with E-state index in [0.717, 1.165) is 25.7 Å². The second-order valence-corrected chi connectivity index (χ2v) is 6.32. The molecule has 0 spiro atoms. The van der Waals surface area contributed by atoms with E-state index in [-0.39, 0.29) is 5.76 Å². The number of carbonyl (C=O) groups excluding carboxylic acids is 1. The molecule has 25 heavy (non-hydrogen) atoms. The SMILES string of the molecule is CCCCCCC(CC)(OC1=C(O)C(=O)O[C@@H]1[C@@H](O)CO)C(O)CO. The van der Waals surface area contributed by atoms with E-state index in [9.17, 15) is 25.2 Å². The molecular formula is C17H30O8. The molecule has 0 saturated heterocycles. The molecule has 146 valence electrons. The number of hydrogen-bond acceptors (Lipinski definition) is 8. The molecule has 1 heterocycles. The number of esters is 1. The molecule has 8 heteroatoms. The van der Waals surface area contributed by atoms with E-state index >= 15 is 0 Å². The molecule has 0 aromatic carbocycles. The number of aliphatic hydroxyl groups is 5. The van der Waals surface area contributed by atoms with Gasteiger partial charge in [0, 0.05) is 0 Å². The van der Waals surface area contributed by atoms with Crippen LogP contribution < -0.4 is 0 Å². The van der Waals surface area contributed by atoms with Crippen molar-refractivity contribution in [1.82, 2.24) is 0 Å². The first-order valence-corrected chi connectivity index (χ1v) is 8.77. The third-order valence-corrected chi connectivity index (χ3v) is 4.60. The van der Waals surface area contributed by atoms with Gasteiger partial charge >= 0.3 is 5.97 Å². The van der Waals surface area contributed by atoms with Gasteiger partial charge in [-0.2, -0.15) is 0 Å². The van der Waals surface area contributed by atoms with Crippen LogP contribution in [0.1, 0.15) is 52.4 Å². The van der Waals surface area contributed by atoms with Crippen molar-refractivity contribution in [3.8, 4) is 0 Å². The Morgan fingerprint density at radius 2 is 1.84 bits per heavy atom. The Kier molecular flexibility index (Phi) is 8.64. The zero-order valence-corrected chi connectivity index (χ0v) is 14.8. The second-order valence-electron chi connectivity index (χ2n) is 6.32. The Bertz CT molecular complexity index is 464. The van der Waals surface area contributed by atoms with Crippen LogP contribution in [0.3, 0.4) is 0 Å². The fraction of sp³-hybridized carbons (Fsp3) is 0.824. The van der Waals surface area contributed by atoms with Gasteiger partial charge in [0.1, 0.15) is 17.8 Å². The van der Waals surface area contributed by atoms with Crippen molar-refractivity contribution in [3.63, 3.8) is 0 Å². The van der Waals surface area contributed by atoms with Crippen LogP contribution in [0.15, 0.2) is 11.5 Å². The summed E-state index contributed by atoms with van der Waals surface area (Å²) in [6.45, 7) is 2.57. The first-order valence-electron chi connectivity index (χ1n) is 8.77. The standard InChI is InChI=1S/C17H30O8/c1-3-5-6-7-8-17(4-2,12(21)10-19)25-15-13(22)16(23)24-14(15)11(20)9-18/h11-12,14,18-22H,3-10H2,1-2H3/t11-,12?,14+,17?/m0/s1. The van der Waals surface area contributed by atoms with Crippen LogP contribution in [0.4, 0.5) is 0 Å². The fourth-order valence-corrected chi connectivity index (χ4v) is 2.92. The summed E-state index contributed by atoms with van der Waals surface area (Å²) >= 11 is 0. The minimum Gasteiger partial charge on any atom is -0.499 e. The summed E-state index contributed by atoms with van der Waals surface area (Å²) in [5.74, 6) is -2.19. The lowest BCUT2D eigenvalue weighted by Crippen LogP contribution is -2.48. The molecule has 0 saturated carbocycles. The molecule has 2 unspecified atom stereocenters. The predicted molar refractivity (Wildman–Crippen MR) is 88.6 cm³/mol. The van der Waals surface area contributed by atoms with Crippen LogP contribution in [0.5, 0.6) is 0 Å². The first-order chi connectivity index (χ1) is 11.9. The quantitative estimate of drug-likeness (QED) is 0.250. The zero-order chi connectivity index (χ0) is 19.0. The Balaban J connectivity index is 3.06. The maximum absolute atomic E-state index is 11.6. The Labute approximate surface area is 147 Å². The monoisotopic (exact) mass is 362 g/mol. The van der Waals surface area contributed by atoms with E-state index < -0.39 is 48.9 Å². The molecule has 5 N–H and O–H groups in total. The molecule has 0 fully saturated rings. The van der Waals surface area contributed by atoms with Gasteiger partial charge in [0.2, 0.25) is 5.76 Å². The minimum atomic E-state index is -1.47. The first kappa shape index (κ1) is 21.7. The number of aliphatic hydroxyl groups excluding tert-OH is 5. The van der Waals surface area contributed by atoms with Crippen molar-refractivity contribution in [2.75, 3.05) is 13.2 Å². The minimum absolute atomic E-state index is 0.299. The summed E-state index contributed by atoms with van der Waals surface area (Å²) in [7, 11) is 0. The third kappa shape index (κ3) is 5.07. The second kappa shape index (κ2) is 9.96. The largest absolute Gasteiger partial charge is 0.499 e. The summed E-state index contributed by atoms with van der Waals surface area (Å²) in [6.07, 6.45) is 0.276. The zero-order valence-electron chi connectivity index (χ0n) is 14.8. The summed E-state index contributed by atoms with van der Waals surface area (Å²) in [5, 5.41) is 48.6. The number of unbranched alkanes of at least 4 members (excludes halogenated alkanes) is 3. The van der Waals surface area contributed by atoms with Crippen molar-refractivity contribution in [3.05, 3.63) is 11.5 Å². The van der Waals surface area contributed by atoms with E-state index in [0.29, 0.717) is 12.8 Å². The van der Waals surface area contributed by atoms with Crippen LogP contribution in [0.25, 0.3) is 0 Å². The van der Waals surface area contributed by atoms with E-state index in [1.807, 2.05) is 0 Å². The van der Waals surface area contributed by atoms with Gasteiger partial charge in [-0.1, -0.05) is 33.1 Å². The molecule has 4 atom stereocenters. The normalized spacial score (nSPS) is 22.5. The Morgan fingerprint density at radius 1 is 1.16 bits per heavy atom. The summed E-state index contributed by atoms with van der Waals surface area (Å²) in [5.41, 5.74) is -1.24. The van der Waals surface area contributed by atoms with E-state index in [2.05, 4.69) is 6.92 Å². The number of cyclic esters (lactones) is 1. The smallest absolute Gasteiger partial charge is 0.378 e. The van der Waals surface area contributed by atoms with Gasteiger partial charge in [0.05, 0.1) is 13.2 Å². The highest BCUT2D eigenvalue weighted by molar-refractivity contribution is 5.89. The van der Waals surface area contributed by atoms with Crippen molar-refractivity contribution in [2.45, 2.75) is 76.3 Å². The summed E-state index contributed by atoms with van der Waals surface area (Å²) in [6, 6.07) is 0. The van der Waals surface area contributed by atoms with Gasteiger partial charge < -0.3 is 35.0 Å². The molecule has 0 amide bonds. The number of hydrogen-bond donors (Lipinski definition) is 5. The van der Waals surface area contributed by atoms with Crippen molar-refractivity contribution >= 4 is 5.97 Å². The number of rotatable bonds is 12. The summed E-state index contributed by atoms with van der Waals surface area (Å²) in [4.78, 5) is 11.6. The predicted octanol–water partition coefficient (Wildman–Crippen LogP) is 0.524. The van der Waals surface area contributed by atoms with Crippen molar-refractivity contribution < 1.29 is 39.8 Å². The average molecular weight is 362 g/mol. The highest BCUT2D eigenvalue weighted by atomic mass is 16.6. The maximum atomic E-state index is 11.6. The molecule has 0 aromatic rings. The Hall–Kier alpha value is -1.35. The van der Waals surface area contributed by atoms with Crippen molar-refractivity contribution in [2.24, 2.45) is 0 Å². The van der Waals surface area contributed by atoms with Crippen LogP contribution in [0.2, 0.25) is 0 Å². The van der Waals surface area contributed by atoms with Gasteiger partial charge in [-0.3, -0.25) is 0 Å². The van der Waals surface area contributed by atoms with Crippen LogP contribution in [0, 0.1) is 0 Å². The topological polar surface area (TPSA) is 137 Å². The van der Waals surface area contributed by atoms with E-state index in [1.165, 1.54) is 0 Å². The molecule has 1 aliphatic heterocycles. The summed E-state index contributed by atoms with van der Waals surface area (Å²) < 4.78 is 10.6. The maximum Gasteiger partial charge on any atom is 0.378 e. The lowest BCUT2D eigenvalue weighted by Gasteiger charge is -2.38. The fourth-order valence-electron chi connectivity index (χ4n) is 2.92. The van der Waals surface area contributed by atoms with Crippen LogP contribution in [-0.2, 0) is 14.3 Å². The van der Waals surface area contributed by atoms with Gasteiger partial charge in [-0.15, -0.1) is 0 Å². The molecule has 0 aliphatic carbocycles. The number of carbonyl (C=O) groups is 1. The van der Waals surface area contributed by atoms with Crippen LogP contribution >= 0.6 is 0 Å². The number of ether oxygens (including phenoxy) is 2. The molecule has 8 nitrogen and oxygen atoms in total. The van der Waals surface area contributed by atoms with E-state index in [4.69, 9.17) is 14.6 Å². The van der Waals surface area contributed by atoms with Gasteiger partial charge in [-0.05, 0) is 19.3 Å². The lowest BCUT2D eigenvalue weighted by molar-refractivity contribution is -0.155. The molecule has 1 rings (SSSR count). The average Bonchev–Trinajstić information content (AvgIpc) is 2.90. The van der Waals surface area contributed by atoms with Crippen LogP contribution in [-0.4, -0.2) is 68.6 Å². The van der Waals surface area contributed by atoms with Gasteiger partial charge in [-0.25, -0.2) is 4.79 Å². The van der Waals surface area contributed by atoms with E-state index in [1.54, 1.807) is 6.92 Å². The molecule has 0 aromatic heterocycles. The van der Waals surface area contributed by atoms with Gasteiger partial charge in [0.15, 0.2) is 11.9 Å². The molecule has 0 radical (unpaired) electrons. The molecule has 0 bridgehead atoms.